The first-order valence-corrected chi connectivity index (χ1v) is 6.82. The number of carbonyl (C=O) groups excluding carboxylic acids is 1. The van der Waals surface area contributed by atoms with Gasteiger partial charge in [0.15, 0.2) is 5.54 Å². The van der Waals surface area contributed by atoms with Crippen molar-refractivity contribution in [2.75, 3.05) is 23.9 Å². The Labute approximate surface area is 130 Å². The lowest BCUT2D eigenvalue weighted by molar-refractivity contribution is -0.123. The number of para-hydroxylation sites is 1. The number of hydrogen-bond donors (Lipinski definition) is 2. The van der Waals surface area contributed by atoms with Gasteiger partial charge in [-0.25, -0.2) is 13.2 Å². The van der Waals surface area contributed by atoms with E-state index in [1.54, 1.807) is 0 Å². The molecule has 0 spiro atoms. The lowest BCUT2D eigenvalue weighted by atomic mass is 9.91. The molecule has 23 heavy (non-hydrogen) atoms. The standard InChI is InChI=1S/C16H13F3N2O2/c1-21-13-6-5-9(17)7-10(13)16(8-22,15(21)23)20-14-11(18)3-2-4-12(14)19/h2-7,20,22H,8H2,1H3. The van der Waals surface area contributed by atoms with Gasteiger partial charge in [0, 0.05) is 18.3 Å². The molecule has 2 N–H and O–H groups in total. The number of benzene rings is 2. The summed E-state index contributed by atoms with van der Waals surface area (Å²) in [6.07, 6.45) is 0. The molecular weight excluding hydrogens is 309 g/mol. The number of aliphatic hydroxyl groups is 1. The normalized spacial score (nSPS) is 19.9. The molecule has 1 aliphatic rings. The summed E-state index contributed by atoms with van der Waals surface area (Å²) in [6, 6.07) is 6.83. The van der Waals surface area contributed by atoms with E-state index in [0.29, 0.717) is 5.69 Å². The molecule has 3 rings (SSSR count). The van der Waals surface area contributed by atoms with Crippen LogP contribution < -0.4 is 10.2 Å². The first-order valence-electron chi connectivity index (χ1n) is 6.82. The SMILES string of the molecule is CN1C(=O)C(CO)(Nc2c(F)cccc2F)c2cc(F)ccc21. The van der Waals surface area contributed by atoms with Crippen molar-refractivity contribution < 1.29 is 23.1 Å². The number of fused-ring (bicyclic) bond motifs is 1. The number of anilines is 2. The van der Waals surface area contributed by atoms with E-state index in [1.165, 1.54) is 30.1 Å². The third-order valence-corrected chi connectivity index (χ3v) is 3.99. The van der Waals surface area contributed by atoms with E-state index in [0.717, 1.165) is 18.2 Å². The van der Waals surface area contributed by atoms with Crippen LogP contribution in [0.5, 0.6) is 0 Å². The Morgan fingerprint density at radius 2 is 1.83 bits per heavy atom. The van der Waals surface area contributed by atoms with Crippen LogP contribution in [-0.4, -0.2) is 24.7 Å². The Kier molecular flexibility index (Phi) is 3.52. The number of rotatable bonds is 3. The summed E-state index contributed by atoms with van der Waals surface area (Å²) < 4.78 is 41.4. The van der Waals surface area contributed by atoms with Crippen LogP contribution in [0.1, 0.15) is 5.56 Å². The van der Waals surface area contributed by atoms with Crippen LogP contribution in [0.2, 0.25) is 0 Å². The Morgan fingerprint density at radius 1 is 1.17 bits per heavy atom. The van der Waals surface area contributed by atoms with Gasteiger partial charge >= 0.3 is 0 Å². The summed E-state index contributed by atoms with van der Waals surface area (Å²) in [5.74, 6) is -3.10. The third-order valence-electron chi connectivity index (χ3n) is 3.99. The third kappa shape index (κ3) is 2.16. The predicted molar refractivity (Wildman–Crippen MR) is 78.6 cm³/mol. The van der Waals surface area contributed by atoms with Crippen LogP contribution in [0.25, 0.3) is 0 Å². The van der Waals surface area contributed by atoms with Crippen molar-refractivity contribution >= 4 is 17.3 Å². The molecule has 1 amide bonds. The maximum Gasteiger partial charge on any atom is 0.259 e. The van der Waals surface area contributed by atoms with Gasteiger partial charge in [-0.1, -0.05) is 6.07 Å². The second-order valence-corrected chi connectivity index (χ2v) is 5.31. The monoisotopic (exact) mass is 322 g/mol. The number of carbonyl (C=O) groups is 1. The molecule has 120 valence electrons. The number of nitrogens with zero attached hydrogens (tertiary/aromatic N) is 1. The molecule has 0 radical (unpaired) electrons. The molecule has 0 bridgehead atoms. The van der Waals surface area contributed by atoms with Crippen LogP contribution in [0.15, 0.2) is 36.4 Å². The maximum absolute atomic E-state index is 13.9. The smallest absolute Gasteiger partial charge is 0.259 e. The highest BCUT2D eigenvalue weighted by molar-refractivity contribution is 6.09. The first-order chi connectivity index (χ1) is 10.9. The van der Waals surface area contributed by atoms with Crippen molar-refractivity contribution in [2.45, 2.75) is 5.54 Å². The summed E-state index contributed by atoms with van der Waals surface area (Å²) in [5.41, 5.74) is -1.93. The van der Waals surface area contributed by atoms with Crippen molar-refractivity contribution in [1.82, 2.24) is 0 Å². The Balaban J connectivity index is 2.19. The second-order valence-electron chi connectivity index (χ2n) is 5.31. The molecule has 2 aromatic carbocycles. The molecule has 2 aromatic rings. The van der Waals surface area contributed by atoms with Crippen LogP contribution in [0.4, 0.5) is 24.5 Å². The Morgan fingerprint density at radius 3 is 2.43 bits per heavy atom. The molecule has 0 fully saturated rings. The van der Waals surface area contributed by atoms with Gasteiger partial charge in [0.1, 0.15) is 23.1 Å². The van der Waals surface area contributed by atoms with Gasteiger partial charge in [-0.2, -0.15) is 0 Å². The van der Waals surface area contributed by atoms with Gasteiger partial charge in [0.25, 0.3) is 5.91 Å². The fourth-order valence-electron chi connectivity index (χ4n) is 2.80. The van der Waals surface area contributed by atoms with E-state index in [-0.39, 0.29) is 5.56 Å². The van der Waals surface area contributed by atoms with Crippen LogP contribution in [0, 0.1) is 17.5 Å². The molecular formula is C16H13F3N2O2. The Bertz CT molecular complexity index is 777. The van der Waals surface area contributed by atoms with E-state index in [9.17, 15) is 23.1 Å². The number of aliphatic hydroxyl groups excluding tert-OH is 1. The van der Waals surface area contributed by atoms with Crippen molar-refractivity contribution in [3.8, 4) is 0 Å². The van der Waals surface area contributed by atoms with Gasteiger partial charge < -0.3 is 15.3 Å². The number of hydrogen-bond acceptors (Lipinski definition) is 3. The number of halogens is 3. The molecule has 7 heteroatoms. The highest BCUT2D eigenvalue weighted by Crippen LogP contribution is 2.42. The van der Waals surface area contributed by atoms with Crippen molar-refractivity contribution in [2.24, 2.45) is 0 Å². The van der Waals surface area contributed by atoms with E-state index < -0.39 is 41.2 Å². The molecule has 0 aromatic heterocycles. The van der Waals surface area contributed by atoms with Gasteiger partial charge in [-0.3, -0.25) is 4.79 Å². The summed E-state index contributed by atoms with van der Waals surface area (Å²) in [4.78, 5) is 13.8. The minimum atomic E-state index is -1.85. The highest BCUT2D eigenvalue weighted by Gasteiger charge is 2.50. The molecule has 0 saturated heterocycles. The fourth-order valence-corrected chi connectivity index (χ4v) is 2.80. The minimum Gasteiger partial charge on any atom is -0.393 e. The van der Waals surface area contributed by atoms with Crippen LogP contribution >= 0.6 is 0 Å². The molecule has 1 aliphatic heterocycles. The van der Waals surface area contributed by atoms with Crippen molar-refractivity contribution in [3.63, 3.8) is 0 Å². The van der Waals surface area contributed by atoms with E-state index in [1.807, 2.05) is 0 Å². The lowest BCUT2D eigenvalue weighted by Crippen LogP contribution is -2.48. The lowest BCUT2D eigenvalue weighted by Gasteiger charge is -2.28. The van der Waals surface area contributed by atoms with Crippen molar-refractivity contribution in [3.05, 3.63) is 59.4 Å². The minimum absolute atomic E-state index is 0.121. The predicted octanol–water partition coefficient (Wildman–Crippen LogP) is 2.38. The maximum atomic E-state index is 13.9. The summed E-state index contributed by atoms with van der Waals surface area (Å²) in [6.45, 7) is -0.791. The highest BCUT2D eigenvalue weighted by atomic mass is 19.1. The van der Waals surface area contributed by atoms with E-state index in [2.05, 4.69) is 5.32 Å². The molecule has 0 saturated carbocycles. The molecule has 1 atom stereocenters. The van der Waals surface area contributed by atoms with Crippen molar-refractivity contribution in [1.29, 1.82) is 0 Å². The average Bonchev–Trinajstić information content (AvgIpc) is 2.73. The van der Waals surface area contributed by atoms with Gasteiger partial charge in [0.05, 0.1) is 6.61 Å². The largest absolute Gasteiger partial charge is 0.393 e. The molecule has 1 unspecified atom stereocenters. The zero-order chi connectivity index (χ0) is 16.8. The van der Waals surface area contributed by atoms with Crippen LogP contribution in [0.3, 0.4) is 0 Å². The summed E-state index contributed by atoms with van der Waals surface area (Å²) >= 11 is 0. The topological polar surface area (TPSA) is 52.6 Å². The zero-order valence-corrected chi connectivity index (χ0v) is 12.1. The quantitative estimate of drug-likeness (QED) is 0.912. The molecule has 4 nitrogen and oxygen atoms in total. The summed E-state index contributed by atoms with van der Waals surface area (Å²) in [7, 11) is 1.44. The van der Waals surface area contributed by atoms with Crippen LogP contribution in [-0.2, 0) is 10.3 Å². The van der Waals surface area contributed by atoms with E-state index >= 15 is 0 Å². The number of nitrogens with one attached hydrogen (secondary N) is 1. The number of amides is 1. The fraction of sp³-hybridized carbons (Fsp3) is 0.188. The van der Waals surface area contributed by atoms with Gasteiger partial charge in [-0.05, 0) is 30.3 Å². The zero-order valence-electron chi connectivity index (χ0n) is 12.1. The number of likely N-dealkylation sites (N-methyl/N-ethyl adjacent to an activating group) is 1. The van der Waals surface area contributed by atoms with Gasteiger partial charge in [0.2, 0.25) is 0 Å². The first kappa shape index (κ1) is 15.4. The second kappa shape index (κ2) is 5.27. The molecule has 1 heterocycles. The van der Waals surface area contributed by atoms with Gasteiger partial charge in [-0.15, -0.1) is 0 Å². The summed E-state index contributed by atoms with van der Waals surface area (Å²) in [5, 5.41) is 12.3. The average molecular weight is 322 g/mol. The molecule has 0 aliphatic carbocycles. The Hall–Kier alpha value is -2.54. The van der Waals surface area contributed by atoms with E-state index in [4.69, 9.17) is 0 Å².